The van der Waals surface area contributed by atoms with Gasteiger partial charge in [0.2, 0.25) is 11.8 Å². The van der Waals surface area contributed by atoms with Gasteiger partial charge in [0.25, 0.3) is 0 Å². The fraction of sp³-hybridized carbons (Fsp3) is 0.474. The van der Waals surface area contributed by atoms with E-state index >= 15 is 0 Å². The van der Waals surface area contributed by atoms with Crippen LogP contribution in [-0.2, 0) is 14.3 Å². The Hall–Kier alpha value is -1.73. The molecular weight excluding hydrogens is 403 g/mol. The van der Waals surface area contributed by atoms with Crippen LogP contribution in [0.1, 0.15) is 24.8 Å². The number of rotatable bonds is 3. The van der Waals surface area contributed by atoms with Crippen molar-refractivity contribution in [2.75, 3.05) is 32.8 Å². The third-order valence-corrected chi connectivity index (χ3v) is 5.25. The second-order valence-electron chi connectivity index (χ2n) is 6.48. The summed E-state index contributed by atoms with van der Waals surface area (Å²) in [5.41, 5.74) is 0.334. The van der Waals surface area contributed by atoms with Gasteiger partial charge < -0.3 is 14.5 Å². The Labute approximate surface area is 160 Å². The highest BCUT2D eigenvalue weighted by Crippen LogP contribution is 2.21. The van der Waals surface area contributed by atoms with E-state index in [4.69, 9.17) is 4.74 Å². The number of hydrogen-bond acceptors (Lipinski definition) is 3. The van der Waals surface area contributed by atoms with Gasteiger partial charge in [-0.2, -0.15) is 0 Å². The number of carbonyl (C=O) groups is 2. The van der Waals surface area contributed by atoms with E-state index in [9.17, 15) is 14.0 Å². The lowest BCUT2D eigenvalue weighted by molar-refractivity contribution is -0.148. The van der Waals surface area contributed by atoms with Crippen LogP contribution in [0.25, 0.3) is 6.08 Å². The van der Waals surface area contributed by atoms with Crippen LogP contribution < -0.4 is 0 Å². The number of halogens is 2. The van der Waals surface area contributed by atoms with Gasteiger partial charge >= 0.3 is 0 Å². The summed E-state index contributed by atoms with van der Waals surface area (Å²) < 4.78 is 19.9. The standard InChI is InChI=1S/C19H22BrFN2O3/c20-15-5-6-16(21)14(13-15)4-7-18(24)23-8-2-1-3-17(23)19(25)22-9-11-26-12-10-22/h4-7,13,17H,1-3,8-12H2/b7-4+/t17-/m1/s1. The molecule has 1 aromatic rings. The molecule has 2 heterocycles. The zero-order valence-electron chi connectivity index (χ0n) is 14.5. The lowest BCUT2D eigenvalue weighted by atomic mass is 10.00. The van der Waals surface area contributed by atoms with E-state index in [1.807, 2.05) is 0 Å². The lowest BCUT2D eigenvalue weighted by Crippen LogP contribution is -2.54. The predicted molar refractivity (Wildman–Crippen MR) is 99.9 cm³/mol. The molecule has 0 radical (unpaired) electrons. The summed E-state index contributed by atoms with van der Waals surface area (Å²) in [6.45, 7) is 2.75. The highest BCUT2D eigenvalue weighted by Gasteiger charge is 2.34. The molecule has 0 spiro atoms. The van der Waals surface area contributed by atoms with Crippen molar-refractivity contribution in [1.29, 1.82) is 0 Å². The number of piperidine rings is 1. The molecule has 5 nitrogen and oxygen atoms in total. The molecule has 2 saturated heterocycles. The Morgan fingerprint density at radius 1 is 1.19 bits per heavy atom. The molecule has 7 heteroatoms. The molecule has 0 bridgehead atoms. The van der Waals surface area contributed by atoms with Crippen LogP contribution in [-0.4, -0.2) is 60.5 Å². The van der Waals surface area contributed by atoms with Gasteiger partial charge in [0.05, 0.1) is 13.2 Å². The summed E-state index contributed by atoms with van der Waals surface area (Å²) in [5.74, 6) is -0.657. The minimum absolute atomic E-state index is 0.0108. The zero-order valence-corrected chi connectivity index (χ0v) is 16.1. The van der Waals surface area contributed by atoms with E-state index < -0.39 is 11.9 Å². The summed E-state index contributed by atoms with van der Waals surface area (Å²) in [6.07, 6.45) is 5.29. The summed E-state index contributed by atoms with van der Waals surface area (Å²) >= 11 is 3.30. The molecule has 26 heavy (non-hydrogen) atoms. The number of benzene rings is 1. The maximum atomic E-state index is 13.8. The minimum Gasteiger partial charge on any atom is -0.378 e. The van der Waals surface area contributed by atoms with E-state index in [-0.39, 0.29) is 11.8 Å². The van der Waals surface area contributed by atoms with Crippen LogP contribution in [0, 0.1) is 5.82 Å². The fourth-order valence-corrected chi connectivity index (χ4v) is 3.72. The van der Waals surface area contributed by atoms with E-state index in [0.717, 1.165) is 17.3 Å². The molecule has 2 aliphatic heterocycles. The molecule has 0 aliphatic carbocycles. The van der Waals surface area contributed by atoms with Crippen molar-refractivity contribution in [3.63, 3.8) is 0 Å². The predicted octanol–water partition coefficient (Wildman–Crippen LogP) is 2.84. The number of ether oxygens (including phenoxy) is 1. The number of nitrogens with zero attached hydrogens (tertiary/aromatic N) is 2. The van der Waals surface area contributed by atoms with Crippen LogP contribution in [0.4, 0.5) is 4.39 Å². The normalized spacial score (nSPS) is 21.2. The Morgan fingerprint density at radius 3 is 2.73 bits per heavy atom. The first-order valence-corrected chi connectivity index (χ1v) is 9.66. The SMILES string of the molecule is O=C([C@H]1CCCCN1C(=O)/C=C/c1cc(Br)ccc1F)N1CCOCC1. The number of hydrogen-bond donors (Lipinski definition) is 0. The first-order valence-electron chi connectivity index (χ1n) is 8.86. The average Bonchev–Trinajstić information content (AvgIpc) is 2.68. The van der Waals surface area contributed by atoms with Crippen molar-refractivity contribution >= 4 is 33.8 Å². The molecule has 0 unspecified atom stereocenters. The number of carbonyl (C=O) groups excluding carboxylic acids is 2. The minimum atomic E-state index is -0.439. The quantitative estimate of drug-likeness (QED) is 0.700. The topological polar surface area (TPSA) is 49.9 Å². The van der Waals surface area contributed by atoms with Gasteiger partial charge in [0, 0.05) is 35.7 Å². The van der Waals surface area contributed by atoms with Gasteiger partial charge in [-0.25, -0.2) is 4.39 Å². The molecule has 1 atom stereocenters. The smallest absolute Gasteiger partial charge is 0.247 e. The Kier molecular flexibility index (Phi) is 6.43. The average molecular weight is 425 g/mol. The van der Waals surface area contributed by atoms with Crippen LogP contribution in [0.2, 0.25) is 0 Å². The summed E-state index contributed by atoms with van der Waals surface area (Å²) in [7, 11) is 0. The molecular formula is C19H22BrFN2O3. The second kappa shape index (κ2) is 8.77. The molecule has 0 saturated carbocycles. The second-order valence-corrected chi connectivity index (χ2v) is 7.40. The molecule has 140 valence electrons. The summed E-state index contributed by atoms with van der Waals surface area (Å²) in [5, 5.41) is 0. The first kappa shape index (κ1) is 19.0. The molecule has 1 aromatic carbocycles. The molecule has 2 amide bonds. The molecule has 0 aromatic heterocycles. The van der Waals surface area contributed by atoms with Crippen molar-refractivity contribution < 1.29 is 18.7 Å². The Balaban J connectivity index is 1.72. The largest absolute Gasteiger partial charge is 0.378 e. The molecule has 2 fully saturated rings. The molecule has 0 N–H and O–H groups in total. The van der Waals surface area contributed by atoms with Crippen molar-refractivity contribution in [3.05, 3.63) is 40.1 Å². The van der Waals surface area contributed by atoms with E-state index in [1.54, 1.807) is 21.9 Å². The highest BCUT2D eigenvalue weighted by atomic mass is 79.9. The van der Waals surface area contributed by atoms with Crippen LogP contribution in [0.5, 0.6) is 0 Å². The Bertz CT molecular complexity index is 704. The van der Waals surface area contributed by atoms with Gasteiger partial charge in [-0.15, -0.1) is 0 Å². The molecule has 3 rings (SSSR count). The third-order valence-electron chi connectivity index (χ3n) is 4.76. The van der Waals surface area contributed by atoms with Gasteiger partial charge in [-0.3, -0.25) is 9.59 Å². The van der Waals surface area contributed by atoms with Crippen molar-refractivity contribution in [3.8, 4) is 0 Å². The lowest BCUT2D eigenvalue weighted by Gasteiger charge is -2.38. The summed E-state index contributed by atoms with van der Waals surface area (Å²) in [4.78, 5) is 28.9. The van der Waals surface area contributed by atoms with E-state index in [0.29, 0.717) is 44.8 Å². The number of amides is 2. The zero-order chi connectivity index (χ0) is 18.5. The third kappa shape index (κ3) is 4.51. The van der Waals surface area contributed by atoms with Gasteiger partial charge in [-0.05, 0) is 43.5 Å². The fourth-order valence-electron chi connectivity index (χ4n) is 3.35. The number of likely N-dealkylation sites (tertiary alicyclic amines) is 1. The molecule has 2 aliphatic rings. The van der Waals surface area contributed by atoms with Crippen LogP contribution >= 0.6 is 15.9 Å². The van der Waals surface area contributed by atoms with Gasteiger partial charge in [0.1, 0.15) is 11.9 Å². The monoisotopic (exact) mass is 424 g/mol. The number of morpholine rings is 1. The van der Waals surface area contributed by atoms with Crippen molar-refractivity contribution in [1.82, 2.24) is 9.80 Å². The highest BCUT2D eigenvalue weighted by molar-refractivity contribution is 9.10. The van der Waals surface area contributed by atoms with Gasteiger partial charge in [-0.1, -0.05) is 15.9 Å². The first-order chi connectivity index (χ1) is 12.6. The van der Waals surface area contributed by atoms with Gasteiger partial charge in [0.15, 0.2) is 0 Å². The van der Waals surface area contributed by atoms with Crippen LogP contribution in [0.15, 0.2) is 28.7 Å². The van der Waals surface area contributed by atoms with Crippen molar-refractivity contribution in [2.24, 2.45) is 0 Å². The van der Waals surface area contributed by atoms with E-state index in [1.165, 1.54) is 18.2 Å². The summed E-state index contributed by atoms with van der Waals surface area (Å²) in [6, 6.07) is 4.13. The maximum Gasteiger partial charge on any atom is 0.247 e. The van der Waals surface area contributed by atoms with Crippen LogP contribution in [0.3, 0.4) is 0 Å². The van der Waals surface area contributed by atoms with E-state index in [2.05, 4.69) is 15.9 Å². The van der Waals surface area contributed by atoms with Crippen molar-refractivity contribution in [2.45, 2.75) is 25.3 Å². The maximum absolute atomic E-state index is 13.8. The Morgan fingerprint density at radius 2 is 1.96 bits per heavy atom.